The first-order valence-corrected chi connectivity index (χ1v) is 13.8. The summed E-state index contributed by atoms with van der Waals surface area (Å²) in [6.45, 7) is 14.9. The molecule has 0 unspecified atom stereocenters. The van der Waals surface area contributed by atoms with Crippen molar-refractivity contribution < 1.29 is 19.1 Å². The fraction of sp³-hybridized carbons (Fsp3) is 0.407. The standard InChI is InChI=1S/C27H34N4O4S2/c1-8-14-31-21(15-35-19-12-10-18(11-13-19)27(4,5)6)29-30-26(31)36-16-22(32)28-24-23(25(33)34-7)20(9-2)17(3)37-24/h8,10-13H,1,9,14-16H2,2-7H3,(H,28,32). The molecule has 37 heavy (non-hydrogen) atoms. The predicted molar refractivity (Wildman–Crippen MR) is 149 cm³/mol. The second-order valence-corrected chi connectivity index (χ2v) is 11.6. The van der Waals surface area contributed by atoms with Crippen molar-refractivity contribution in [2.24, 2.45) is 0 Å². The number of hydrogen-bond donors (Lipinski definition) is 1. The van der Waals surface area contributed by atoms with Gasteiger partial charge in [-0.15, -0.1) is 28.1 Å². The Morgan fingerprint density at radius 3 is 2.51 bits per heavy atom. The topological polar surface area (TPSA) is 95.3 Å². The van der Waals surface area contributed by atoms with Crippen LogP contribution in [0.15, 0.2) is 42.1 Å². The summed E-state index contributed by atoms with van der Waals surface area (Å²) in [4.78, 5) is 26.1. The van der Waals surface area contributed by atoms with Gasteiger partial charge < -0.3 is 14.8 Å². The minimum absolute atomic E-state index is 0.0720. The molecule has 3 rings (SSSR count). The number of aromatic nitrogens is 3. The third-order valence-corrected chi connectivity index (χ3v) is 7.76. The Balaban J connectivity index is 1.66. The molecular formula is C27H34N4O4S2. The Hall–Kier alpha value is -3.11. The molecule has 0 atom stereocenters. The van der Waals surface area contributed by atoms with E-state index in [1.54, 1.807) is 6.08 Å². The highest BCUT2D eigenvalue weighted by Crippen LogP contribution is 2.34. The van der Waals surface area contributed by atoms with E-state index in [4.69, 9.17) is 9.47 Å². The Morgan fingerprint density at radius 2 is 1.92 bits per heavy atom. The monoisotopic (exact) mass is 542 g/mol. The molecule has 0 bridgehead atoms. The number of rotatable bonds is 11. The van der Waals surface area contributed by atoms with Crippen LogP contribution in [-0.2, 0) is 34.5 Å². The van der Waals surface area contributed by atoms with E-state index in [2.05, 4.69) is 55.0 Å². The van der Waals surface area contributed by atoms with Crippen molar-refractivity contribution in [2.45, 2.75) is 64.8 Å². The summed E-state index contributed by atoms with van der Waals surface area (Å²) >= 11 is 2.64. The number of allylic oxidation sites excluding steroid dienone is 1. The predicted octanol–water partition coefficient (Wildman–Crippen LogP) is 5.79. The van der Waals surface area contributed by atoms with Crippen molar-refractivity contribution in [1.82, 2.24) is 14.8 Å². The van der Waals surface area contributed by atoms with Gasteiger partial charge in [0.25, 0.3) is 0 Å². The summed E-state index contributed by atoms with van der Waals surface area (Å²) in [7, 11) is 1.34. The molecule has 1 N–H and O–H groups in total. The fourth-order valence-corrected chi connectivity index (χ4v) is 5.66. The number of thioether (sulfide) groups is 1. The number of amides is 1. The molecule has 8 nitrogen and oxygen atoms in total. The van der Waals surface area contributed by atoms with Gasteiger partial charge in [0.1, 0.15) is 17.4 Å². The molecule has 0 aliphatic heterocycles. The number of esters is 1. The molecule has 1 aromatic carbocycles. The maximum absolute atomic E-state index is 12.8. The number of aryl methyl sites for hydroxylation is 1. The smallest absolute Gasteiger partial charge is 0.341 e. The maximum Gasteiger partial charge on any atom is 0.341 e. The van der Waals surface area contributed by atoms with E-state index in [-0.39, 0.29) is 23.7 Å². The summed E-state index contributed by atoms with van der Waals surface area (Å²) in [5.74, 6) is 0.783. The molecule has 0 fully saturated rings. The van der Waals surface area contributed by atoms with Crippen LogP contribution in [0.2, 0.25) is 0 Å². The Labute approximate surface area is 226 Å². The quantitative estimate of drug-likeness (QED) is 0.186. The molecule has 0 aliphatic rings. The zero-order chi connectivity index (χ0) is 27.2. The van der Waals surface area contributed by atoms with Gasteiger partial charge in [-0.05, 0) is 42.0 Å². The second kappa shape index (κ2) is 12.4. The van der Waals surface area contributed by atoms with E-state index < -0.39 is 5.97 Å². The number of nitrogens with one attached hydrogen (secondary N) is 1. The lowest BCUT2D eigenvalue weighted by Gasteiger charge is -2.19. The minimum atomic E-state index is -0.451. The van der Waals surface area contributed by atoms with Crippen LogP contribution in [0.1, 0.15) is 59.9 Å². The number of nitrogens with zero attached hydrogens (tertiary/aromatic N) is 3. The van der Waals surface area contributed by atoms with Gasteiger partial charge in [-0.3, -0.25) is 9.36 Å². The lowest BCUT2D eigenvalue weighted by atomic mass is 9.87. The SMILES string of the molecule is C=CCn1c(COc2ccc(C(C)(C)C)cc2)nnc1SCC(=O)Nc1sc(C)c(CC)c1C(=O)OC. The molecule has 0 aliphatic carbocycles. The van der Waals surface area contributed by atoms with Gasteiger partial charge >= 0.3 is 5.97 Å². The van der Waals surface area contributed by atoms with Gasteiger partial charge in [0.15, 0.2) is 11.0 Å². The Morgan fingerprint density at radius 1 is 1.22 bits per heavy atom. The molecule has 198 valence electrons. The molecule has 2 aromatic heterocycles. The summed E-state index contributed by atoms with van der Waals surface area (Å²) in [5.41, 5.74) is 2.62. The number of ether oxygens (including phenoxy) is 2. The van der Waals surface area contributed by atoms with Gasteiger partial charge in [-0.25, -0.2) is 4.79 Å². The van der Waals surface area contributed by atoms with E-state index >= 15 is 0 Å². The van der Waals surface area contributed by atoms with Crippen molar-refractivity contribution in [3.05, 3.63) is 64.3 Å². The lowest BCUT2D eigenvalue weighted by Crippen LogP contribution is -2.17. The summed E-state index contributed by atoms with van der Waals surface area (Å²) in [6, 6.07) is 8.03. The number of thiophene rings is 1. The number of anilines is 1. The van der Waals surface area contributed by atoms with E-state index in [0.717, 1.165) is 16.2 Å². The summed E-state index contributed by atoms with van der Waals surface area (Å²) < 4.78 is 12.8. The minimum Gasteiger partial charge on any atom is -0.486 e. The normalized spacial score (nSPS) is 11.3. The van der Waals surface area contributed by atoms with Crippen molar-refractivity contribution in [3.8, 4) is 5.75 Å². The van der Waals surface area contributed by atoms with Gasteiger partial charge in [0, 0.05) is 11.4 Å². The van der Waals surface area contributed by atoms with Crippen LogP contribution in [0.5, 0.6) is 5.75 Å². The Kier molecular flexibility index (Phi) is 9.56. The van der Waals surface area contributed by atoms with E-state index in [1.807, 2.05) is 30.5 Å². The van der Waals surface area contributed by atoms with E-state index in [1.165, 1.54) is 35.8 Å². The number of carbonyl (C=O) groups is 2. The van der Waals surface area contributed by atoms with Crippen molar-refractivity contribution >= 4 is 40.0 Å². The molecule has 1 amide bonds. The van der Waals surface area contributed by atoms with Gasteiger partial charge in [-0.2, -0.15) is 0 Å². The van der Waals surface area contributed by atoms with Crippen LogP contribution in [0, 0.1) is 6.92 Å². The van der Waals surface area contributed by atoms with Crippen LogP contribution in [0.4, 0.5) is 5.00 Å². The first-order chi connectivity index (χ1) is 17.6. The van der Waals surface area contributed by atoms with E-state index in [9.17, 15) is 9.59 Å². The highest BCUT2D eigenvalue weighted by atomic mass is 32.2. The number of methoxy groups -OCH3 is 1. The van der Waals surface area contributed by atoms with Gasteiger partial charge in [0.2, 0.25) is 5.91 Å². The average molecular weight is 543 g/mol. The molecule has 0 radical (unpaired) electrons. The second-order valence-electron chi connectivity index (χ2n) is 9.38. The third kappa shape index (κ3) is 7.01. The summed E-state index contributed by atoms with van der Waals surface area (Å²) in [6.07, 6.45) is 2.42. The molecular weight excluding hydrogens is 508 g/mol. The number of benzene rings is 1. The molecule has 10 heteroatoms. The van der Waals surface area contributed by atoms with Crippen molar-refractivity contribution in [2.75, 3.05) is 18.2 Å². The van der Waals surface area contributed by atoms with Crippen LogP contribution in [0.3, 0.4) is 0 Å². The van der Waals surface area contributed by atoms with Crippen molar-refractivity contribution in [3.63, 3.8) is 0 Å². The molecule has 0 saturated heterocycles. The van der Waals surface area contributed by atoms with Crippen LogP contribution in [-0.4, -0.2) is 39.5 Å². The molecule has 0 saturated carbocycles. The average Bonchev–Trinajstić information content (AvgIpc) is 3.39. The molecule has 2 heterocycles. The Bertz CT molecular complexity index is 1260. The van der Waals surface area contributed by atoms with E-state index in [0.29, 0.717) is 34.5 Å². The number of carbonyl (C=O) groups excluding carboxylic acids is 2. The van der Waals surface area contributed by atoms with Crippen LogP contribution in [0.25, 0.3) is 0 Å². The summed E-state index contributed by atoms with van der Waals surface area (Å²) in [5, 5.41) is 12.5. The molecule has 0 spiro atoms. The highest BCUT2D eigenvalue weighted by molar-refractivity contribution is 7.99. The van der Waals surface area contributed by atoms with Crippen LogP contribution < -0.4 is 10.1 Å². The van der Waals surface area contributed by atoms with Gasteiger partial charge in [0.05, 0.1) is 18.4 Å². The van der Waals surface area contributed by atoms with Gasteiger partial charge in [-0.1, -0.05) is 57.7 Å². The van der Waals surface area contributed by atoms with Crippen molar-refractivity contribution in [1.29, 1.82) is 0 Å². The first-order valence-electron chi connectivity index (χ1n) is 12.0. The zero-order valence-corrected chi connectivity index (χ0v) is 23.8. The first kappa shape index (κ1) is 28.5. The zero-order valence-electron chi connectivity index (χ0n) is 22.2. The highest BCUT2D eigenvalue weighted by Gasteiger charge is 2.23. The maximum atomic E-state index is 12.8. The third-order valence-electron chi connectivity index (χ3n) is 5.73. The largest absolute Gasteiger partial charge is 0.486 e. The number of hydrogen-bond acceptors (Lipinski definition) is 8. The fourth-order valence-electron chi connectivity index (χ4n) is 3.75. The lowest BCUT2D eigenvalue weighted by molar-refractivity contribution is -0.113. The van der Waals surface area contributed by atoms with Crippen LogP contribution >= 0.6 is 23.1 Å². The molecule has 3 aromatic rings.